The maximum absolute atomic E-state index is 4.75. The van der Waals surface area contributed by atoms with E-state index in [1.807, 2.05) is 18.2 Å². The van der Waals surface area contributed by atoms with E-state index in [4.69, 9.17) is 4.98 Å². The van der Waals surface area contributed by atoms with E-state index in [0.29, 0.717) is 0 Å². The third-order valence-corrected chi connectivity index (χ3v) is 4.49. The summed E-state index contributed by atoms with van der Waals surface area (Å²) < 4.78 is 3.23. The molecule has 0 bridgehead atoms. The van der Waals surface area contributed by atoms with Crippen LogP contribution in [0, 0.1) is 0 Å². The van der Waals surface area contributed by atoms with Crippen LogP contribution < -0.4 is 4.90 Å². The Labute approximate surface area is 140 Å². The van der Waals surface area contributed by atoms with Gasteiger partial charge in [-0.15, -0.1) is 0 Å². The second-order valence-electron chi connectivity index (χ2n) is 4.93. The molecule has 3 rings (SSSR count). The number of aromatic nitrogens is 2. The molecule has 0 aliphatic rings. The maximum Gasteiger partial charge on any atom is 0.152 e. The molecule has 0 radical (unpaired) electrons. The summed E-state index contributed by atoms with van der Waals surface area (Å²) in [5, 5.41) is 0.776. The van der Waals surface area contributed by atoms with Gasteiger partial charge in [0.25, 0.3) is 0 Å². The molecular formula is C16H15Br2N3. The Morgan fingerprint density at radius 3 is 2.62 bits per heavy atom. The van der Waals surface area contributed by atoms with E-state index < -0.39 is 0 Å². The zero-order valence-corrected chi connectivity index (χ0v) is 14.8. The van der Waals surface area contributed by atoms with Crippen molar-refractivity contribution in [2.24, 2.45) is 0 Å². The van der Waals surface area contributed by atoms with Gasteiger partial charge in [0.15, 0.2) is 5.82 Å². The predicted molar refractivity (Wildman–Crippen MR) is 94.1 cm³/mol. The summed E-state index contributed by atoms with van der Waals surface area (Å²) in [4.78, 5) is 6.93. The van der Waals surface area contributed by atoms with Crippen LogP contribution in [-0.4, -0.2) is 16.4 Å². The van der Waals surface area contributed by atoms with Crippen molar-refractivity contribution in [3.05, 3.63) is 64.4 Å². The summed E-state index contributed by atoms with van der Waals surface area (Å²) in [6, 6.07) is 14.5. The zero-order chi connectivity index (χ0) is 14.8. The summed E-state index contributed by atoms with van der Waals surface area (Å²) in [7, 11) is 2.08. The molecule has 0 spiro atoms. The van der Waals surface area contributed by atoms with Crippen molar-refractivity contribution in [2.45, 2.75) is 11.9 Å². The number of hydrogen-bond acceptors (Lipinski definition) is 2. The van der Waals surface area contributed by atoms with E-state index in [0.717, 1.165) is 27.8 Å². The molecular weight excluding hydrogens is 394 g/mol. The number of anilines is 1. The first kappa shape index (κ1) is 14.6. The molecule has 3 nitrogen and oxygen atoms in total. The van der Waals surface area contributed by atoms with Gasteiger partial charge >= 0.3 is 0 Å². The SMILES string of the molecule is CN(Cc1ccc(Br)cc1)c1nc2ccccn2c1CBr. The first-order valence-corrected chi connectivity index (χ1v) is 8.58. The Morgan fingerprint density at radius 2 is 1.90 bits per heavy atom. The smallest absolute Gasteiger partial charge is 0.152 e. The molecule has 0 atom stereocenters. The number of hydrogen-bond donors (Lipinski definition) is 0. The van der Waals surface area contributed by atoms with E-state index in [1.54, 1.807) is 0 Å². The second kappa shape index (κ2) is 6.20. The fourth-order valence-corrected chi connectivity index (χ4v) is 3.19. The van der Waals surface area contributed by atoms with Crippen LogP contribution in [0.1, 0.15) is 11.3 Å². The number of halogens is 2. The molecule has 0 unspecified atom stereocenters. The van der Waals surface area contributed by atoms with E-state index in [-0.39, 0.29) is 0 Å². The molecule has 0 amide bonds. The largest absolute Gasteiger partial charge is 0.354 e. The molecule has 2 aromatic heterocycles. The van der Waals surface area contributed by atoms with Crippen molar-refractivity contribution < 1.29 is 0 Å². The van der Waals surface area contributed by atoms with Crippen molar-refractivity contribution in [1.82, 2.24) is 9.38 Å². The van der Waals surface area contributed by atoms with Crippen molar-refractivity contribution >= 4 is 43.3 Å². The summed E-state index contributed by atoms with van der Waals surface area (Å²) >= 11 is 7.05. The molecule has 0 fully saturated rings. The summed E-state index contributed by atoms with van der Waals surface area (Å²) in [5.74, 6) is 1.01. The summed E-state index contributed by atoms with van der Waals surface area (Å²) in [6.07, 6.45) is 2.05. The highest BCUT2D eigenvalue weighted by Crippen LogP contribution is 2.24. The number of rotatable bonds is 4. The van der Waals surface area contributed by atoms with Crippen LogP contribution in [0.3, 0.4) is 0 Å². The average Bonchev–Trinajstić information content (AvgIpc) is 2.88. The Kier molecular flexibility index (Phi) is 4.31. The lowest BCUT2D eigenvalue weighted by molar-refractivity contribution is 0.895. The predicted octanol–water partition coefficient (Wildman–Crippen LogP) is 4.63. The van der Waals surface area contributed by atoms with Crippen molar-refractivity contribution in [2.75, 3.05) is 11.9 Å². The van der Waals surface area contributed by atoms with Crippen LogP contribution in [0.25, 0.3) is 5.65 Å². The molecule has 0 N–H and O–H groups in total. The number of alkyl halides is 1. The molecule has 108 valence electrons. The second-order valence-corrected chi connectivity index (χ2v) is 6.40. The molecule has 1 aromatic carbocycles. The van der Waals surface area contributed by atoms with Crippen LogP contribution >= 0.6 is 31.9 Å². The van der Waals surface area contributed by atoms with Crippen LogP contribution in [0.2, 0.25) is 0 Å². The monoisotopic (exact) mass is 407 g/mol. The van der Waals surface area contributed by atoms with E-state index in [2.05, 4.69) is 78.7 Å². The van der Waals surface area contributed by atoms with E-state index >= 15 is 0 Å². The van der Waals surface area contributed by atoms with Gasteiger partial charge in [0.05, 0.1) is 5.69 Å². The normalized spacial score (nSPS) is 11.0. The van der Waals surface area contributed by atoms with Gasteiger partial charge in [0, 0.05) is 29.6 Å². The van der Waals surface area contributed by atoms with Gasteiger partial charge in [-0.1, -0.05) is 50.1 Å². The number of fused-ring (bicyclic) bond motifs is 1. The van der Waals surface area contributed by atoms with Crippen LogP contribution in [-0.2, 0) is 11.9 Å². The van der Waals surface area contributed by atoms with Crippen molar-refractivity contribution in [1.29, 1.82) is 0 Å². The standard InChI is InChI=1S/C16H15Br2N3/c1-20(11-12-5-7-13(18)8-6-12)16-14(10-17)21-9-3-2-4-15(21)19-16/h2-9H,10-11H2,1H3. The first-order chi connectivity index (χ1) is 10.2. The highest BCUT2D eigenvalue weighted by Gasteiger charge is 2.14. The molecule has 2 heterocycles. The lowest BCUT2D eigenvalue weighted by Crippen LogP contribution is -2.18. The number of pyridine rings is 1. The fourth-order valence-electron chi connectivity index (χ4n) is 2.40. The van der Waals surface area contributed by atoms with Gasteiger partial charge in [-0.25, -0.2) is 4.98 Å². The quantitative estimate of drug-likeness (QED) is 0.586. The summed E-state index contributed by atoms with van der Waals surface area (Å²) in [5.41, 5.74) is 3.41. The maximum atomic E-state index is 4.75. The third kappa shape index (κ3) is 2.99. The fraction of sp³-hybridized carbons (Fsp3) is 0.188. The summed E-state index contributed by atoms with van der Waals surface area (Å²) in [6.45, 7) is 0.831. The average molecular weight is 409 g/mol. The van der Waals surface area contributed by atoms with Crippen molar-refractivity contribution in [3.63, 3.8) is 0 Å². The van der Waals surface area contributed by atoms with Crippen LogP contribution in [0.5, 0.6) is 0 Å². The van der Waals surface area contributed by atoms with Crippen molar-refractivity contribution in [3.8, 4) is 0 Å². The van der Waals surface area contributed by atoms with Gasteiger partial charge in [0.2, 0.25) is 0 Å². The van der Waals surface area contributed by atoms with Crippen LogP contribution in [0.15, 0.2) is 53.1 Å². The minimum atomic E-state index is 0.776. The molecule has 0 aliphatic heterocycles. The molecule has 21 heavy (non-hydrogen) atoms. The van der Waals surface area contributed by atoms with Gasteiger partial charge in [-0.05, 0) is 29.8 Å². The Morgan fingerprint density at radius 1 is 1.14 bits per heavy atom. The zero-order valence-electron chi connectivity index (χ0n) is 11.6. The van der Waals surface area contributed by atoms with E-state index in [1.165, 1.54) is 11.3 Å². The van der Waals surface area contributed by atoms with Gasteiger partial charge < -0.3 is 9.30 Å². The third-order valence-electron chi connectivity index (χ3n) is 3.43. The number of benzene rings is 1. The molecule has 0 saturated heterocycles. The van der Waals surface area contributed by atoms with Gasteiger partial charge in [-0.2, -0.15) is 0 Å². The lowest BCUT2D eigenvalue weighted by atomic mass is 10.2. The van der Waals surface area contributed by atoms with E-state index in [9.17, 15) is 0 Å². The highest BCUT2D eigenvalue weighted by molar-refractivity contribution is 9.10. The van der Waals surface area contributed by atoms with Gasteiger partial charge in [0.1, 0.15) is 5.65 Å². The highest BCUT2D eigenvalue weighted by atomic mass is 79.9. The molecule has 5 heteroatoms. The minimum absolute atomic E-state index is 0.776. The topological polar surface area (TPSA) is 20.5 Å². The number of imidazole rings is 1. The molecule has 0 aliphatic carbocycles. The lowest BCUT2D eigenvalue weighted by Gasteiger charge is -2.18. The minimum Gasteiger partial charge on any atom is -0.354 e. The Bertz CT molecular complexity index is 750. The Hall–Kier alpha value is -1.33. The number of nitrogens with zero attached hydrogens (tertiary/aromatic N) is 3. The van der Waals surface area contributed by atoms with Crippen LogP contribution in [0.4, 0.5) is 5.82 Å². The first-order valence-electron chi connectivity index (χ1n) is 6.66. The Balaban J connectivity index is 1.93. The van der Waals surface area contributed by atoms with Gasteiger partial charge in [-0.3, -0.25) is 0 Å². The molecule has 3 aromatic rings. The molecule has 0 saturated carbocycles.